The zero-order valence-corrected chi connectivity index (χ0v) is 12.4. The third-order valence-electron chi connectivity index (χ3n) is 3.55. The van der Waals surface area contributed by atoms with Gasteiger partial charge in [-0.2, -0.15) is 0 Å². The Labute approximate surface area is 125 Å². The molecule has 0 spiro atoms. The molecule has 0 atom stereocenters. The maximum absolute atomic E-state index is 4.19. The largest absolute Gasteiger partial charge is 0.248 e. The van der Waals surface area contributed by atoms with Gasteiger partial charge in [0.15, 0.2) is 0 Å². The fourth-order valence-electron chi connectivity index (χ4n) is 2.28. The van der Waals surface area contributed by atoms with E-state index in [-0.39, 0.29) is 0 Å². The summed E-state index contributed by atoms with van der Waals surface area (Å²) in [5.41, 5.74) is 4.75. The van der Waals surface area contributed by atoms with Gasteiger partial charge in [-0.3, -0.25) is 0 Å². The highest BCUT2D eigenvalue weighted by Crippen LogP contribution is 2.19. The SMILES string of the molecule is CC(C)c1cn(Cc2ccc(-c3ccccc3)cc2)nn1. The first-order valence-electron chi connectivity index (χ1n) is 7.27. The molecule has 1 aromatic heterocycles. The Hall–Kier alpha value is -2.42. The summed E-state index contributed by atoms with van der Waals surface area (Å²) in [5.74, 6) is 0.416. The summed E-state index contributed by atoms with van der Waals surface area (Å²) < 4.78 is 1.90. The van der Waals surface area contributed by atoms with E-state index in [1.807, 2.05) is 16.9 Å². The maximum atomic E-state index is 4.19. The van der Waals surface area contributed by atoms with Crippen LogP contribution in [0.1, 0.15) is 31.0 Å². The second-order valence-electron chi connectivity index (χ2n) is 5.56. The second-order valence-corrected chi connectivity index (χ2v) is 5.56. The molecule has 0 N–H and O–H groups in total. The summed E-state index contributed by atoms with van der Waals surface area (Å²) in [4.78, 5) is 0. The number of benzene rings is 2. The van der Waals surface area contributed by atoms with Gasteiger partial charge < -0.3 is 0 Å². The topological polar surface area (TPSA) is 30.7 Å². The number of hydrogen-bond acceptors (Lipinski definition) is 2. The third-order valence-corrected chi connectivity index (χ3v) is 3.55. The van der Waals surface area contributed by atoms with Crippen LogP contribution in [-0.4, -0.2) is 15.0 Å². The molecule has 0 aliphatic rings. The van der Waals surface area contributed by atoms with Crippen molar-refractivity contribution in [1.29, 1.82) is 0 Å². The fraction of sp³-hybridized carbons (Fsp3) is 0.222. The van der Waals surface area contributed by atoms with Gasteiger partial charge in [-0.1, -0.05) is 73.7 Å². The predicted octanol–water partition coefficient (Wildman–Crippen LogP) is 4.12. The van der Waals surface area contributed by atoms with E-state index in [9.17, 15) is 0 Å². The third kappa shape index (κ3) is 3.19. The minimum atomic E-state index is 0.416. The normalized spacial score (nSPS) is 11.0. The Morgan fingerprint density at radius 2 is 1.57 bits per heavy atom. The van der Waals surface area contributed by atoms with E-state index in [0.29, 0.717) is 5.92 Å². The van der Waals surface area contributed by atoms with Crippen molar-refractivity contribution in [2.24, 2.45) is 0 Å². The molecule has 0 saturated heterocycles. The van der Waals surface area contributed by atoms with Crippen LogP contribution < -0.4 is 0 Å². The summed E-state index contributed by atoms with van der Waals surface area (Å²) >= 11 is 0. The second kappa shape index (κ2) is 5.92. The van der Waals surface area contributed by atoms with E-state index in [0.717, 1.165) is 12.2 Å². The van der Waals surface area contributed by atoms with Crippen molar-refractivity contribution in [3.8, 4) is 11.1 Å². The molecule has 0 bridgehead atoms. The Morgan fingerprint density at radius 1 is 0.905 bits per heavy atom. The first-order valence-corrected chi connectivity index (χ1v) is 7.27. The molecule has 0 fully saturated rings. The van der Waals surface area contributed by atoms with Crippen molar-refractivity contribution in [1.82, 2.24) is 15.0 Å². The molecule has 0 radical (unpaired) electrons. The van der Waals surface area contributed by atoms with Crippen molar-refractivity contribution in [2.75, 3.05) is 0 Å². The first kappa shape index (κ1) is 13.6. The van der Waals surface area contributed by atoms with E-state index in [2.05, 4.69) is 72.7 Å². The molecule has 0 amide bonds. The van der Waals surface area contributed by atoms with Gasteiger partial charge in [-0.15, -0.1) is 5.10 Å². The van der Waals surface area contributed by atoms with Crippen molar-refractivity contribution in [3.63, 3.8) is 0 Å². The van der Waals surface area contributed by atoms with Crippen LogP contribution in [0.15, 0.2) is 60.8 Å². The summed E-state index contributed by atoms with van der Waals surface area (Å²) in [6.07, 6.45) is 2.02. The van der Waals surface area contributed by atoms with Crippen LogP contribution in [0.3, 0.4) is 0 Å². The fourth-order valence-corrected chi connectivity index (χ4v) is 2.28. The average molecular weight is 277 g/mol. The van der Waals surface area contributed by atoms with Gasteiger partial charge in [0.05, 0.1) is 12.2 Å². The molecule has 0 unspecified atom stereocenters. The van der Waals surface area contributed by atoms with Gasteiger partial charge in [0.25, 0.3) is 0 Å². The molecule has 3 rings (SSSR count). The van der Waals surface area contributed by atoms with Crippen LogP contribution >= 0.6 is 0 Å². The van der Waals surface area contributed by atoms with Crippen molar-refractivity contribution in [3.05, 3.63) is 72.1 Å². The number of rotatable bonds is 4. The van der Waals surface area contributed by atoms with Gasteiger partial charge in [-0.05, 0) is 22.6 Å². The van der Waals surface area contributed by atoms with E-state index >= 15 is 0 Å². The zero-order chi connectivity index (χ0) is 14.7. The highest BCUT2D eigenvalue weighted by atomic mass is 15.4. The Balaban J connectivity index is 1.75. The van der Waals surface area contributed by atoms with Crippen LogP contribution in [0.2, 0.25) is 0 Å². The molecule has 2 aromatic carbocycles. The number of aromatic nitrogens is 3. The highest BCUT2D eigenvalue weighted by Gasteiger charge is 2.05. The molecule has 1 heterocycles. The van der Waals surface area contributed by atoms with Gasteiger partial charge in [-0.25, -0.2) is 4.68 Å². The lowest BCUT2D eigenvalue weighted by molar-refractivity contribution is 0.648. The molecule has 0 saturated carbocycles. The summed E-state index contributed by atoms with van der Waals surface area (Å²) in [7, 11) is 0. The van der Waals surface area contributed by atoms with Crippen LogP contribution in [0.5, 0.6) is 0 Å². The quantitative estimate of drug-likeness (QED) is 0.718. The molecule has 106 valence electrons. The van der Waals surface area contributed by atoms with Gasteiger partial charge >= 0.3 is 0 Å². The van der Waals surface area contributed by atoms with E-state index in [1.165, 1.54) is 16.7 Å². The van der Waals surface area contributed by atoms with Gasteiger partial charge in [0.2, 0.25) is 0 Å². The predicted molar refractivity (Wildman–Crippen MR) is 85.1 cm³/mol. The van der Waals surface area contributed by atoms with Gasteiger partial charge in [0.1, 0.15) is 0 Å². The number of hydrogen-bond donors (Lipinski definition) is 0. The lowest BCUT2D eigenvalue weighted by Gasteiger charge is -2.04. The summed E-state index contributed by atoms with van der Waals surface area (Å²) in [6.45, 7) is 5.01. The minimum Gasteiger partial charge on any atom is -0.248 e. The van der Waals surface area contributed by atoms with Gasteiger partial charge in [0, 0.05) is 6.20 Å². The standard InChI is InChI=1S/C18H19N3/c1-14(2)18-13-21(20-19-18)12-15-8-10-17(11-9-15)16-6-4-3-5-7-16/h3-11,13-14H,12H2,1-2H3. The van der Waals surface area contributed by atoms with Crippen molar-refractivity contribution >= 4 is 0 Å². The lowest BCUT2D eigenvalue weighted by atomic mass is 10.0. The van der Waals surface area contributed by atoms with E-state index in [1.54, 1.807) is 0 Å². The minimum absolute atomic E-state index is 0.416. The Kier molecular flexibility index (Phi) is 3.82. The van der Waals surface area contributed by atoms with Crippen molar-refractivity contribution in [2.45, 2.75) is 26.3 Å². The Bertz CT molecular complexity index is 697. The van der Waals surface area contributed by atoms with E-state index in [4.69, 9.17) is 0 Å². The van der Waals surface area contributed by atoms with Crippen LogP contribution in [0.4, 0.5) is 0 Å². The Morgan fingerprint density at radius 3 is 2.19 bits per heavy atom. The average Bonchev–Trinajstić information content (AvgIpc) is 2.98. The molecule has 0 aliphatic carbocycles. The van der Waals surface area contributed by atoms with Crippen molar-refractivity contribution < 1.29 is 0 Å². The zero-order valence-electron chi connectivity index (χ0n) is 12.4. The monoisotopic (exact) mass is 277 g/mol. The molecule has 3 heteroatoms. The molecule has 3 aromatic rings. The maximum Gasteiger partial charge on any atom is 0.0852 e. The summed E-state index contributed by atoms with van der Waals surface area (Å²) in [6, 6.07) is 19.0. The highest BCUT2D eigenvalue weighted by molar-refractivity contribution is 5.63. The smallest absolute Gasteiger partial charge is 0.0852 e. The molecular weight excluding hydrogens is 258 g/mol. The molecular formula is C18H19N3. The molecule has 21 heavy (non-hydrogen) atoms. The summed E-state index contributed by atoms with van der Waals surface area (Å²) in [5, 5.41) is 8.37. The van der Waals surface area contributed by atoms with Crippen LogP contribution in [-0.2, 0) is 6.54 Å². The number of nitrogens with zero attached hydrogens (tertiary/aromatic N) is 3. The lowest BCUT2D eigenvalue weighted by Crippen LogP contribution is -2.00. The van der Waals surface area contributed by atoms with Crippen LogP contribution in [0, 0.1) is 0 Å². The molecule has 0 aliphatic heterocycles. The van der Waals surface area contributed by atoms with E-state index < -0.39 is 0 Å². The first-order chi connectivity index (χ1) is 10.2. The van der Waals surface area contributed by atoms with Crippen LogP contribution in [0.25, 0.3) is 11.1 Å². The molecule has 3 nitrogen and oxygen atoms in total.